The molecule has 3 aromatic rings. The van der Waals surface area contributed by atoms with Gasteiger partial charge in [0.25, 0.3) is 0 Å². The molecule has 2 heterocycles. The Balaban J connectivity index is 1.36. The number of rotatable bonds is 7. The van der Waals surface area contributed by atoms with Crippen LogP contribution >= 0.6 is 34.7 Å². The summed E-state index contributed by atoms with van der Waals surface area (Å²) in [6.45, 7) is 0.303. The van der Waals surface area contributed by atoms with Gasteiger partial charge in [-0.2, -0.15) is 11.3 Å². The summed E-state index contributed by atoms with van der Waals surface area (Å²) in [6, 6.07) is 15.3. The Labute approximate surface area is 227 Å². The third-order valence-electron chi connectivity index (χ3n) is 6.35. The first-order valence-electron chi connectivity index (χ1n) is 11.7. The molecular formula is C29H23ClFNO3S2. The maximum absolute atomic E-state index is 13.5. The van der Waals surface area contributed by atoms with Gasteiger partial charge in [0, 0.05) is 11.3 Å². The summed E-state index contributed by atoms with van der Waals surface area (Å²) in [5, 5.41) is 6.75. The fourth-order valence-corrected chi connectivity index (χ4v) is 6.42. The van der Waals surface area contributed by atoms with Crippen molar-refractivity contribution in [3.63, 3.8) is 0 Å². The minimum Gasteiger partial charge on any atom is -0.489 e. The van der Waals surface area contributed by atoms with E-state index in [1.54, 1.807) is 18.2 Å². The largest absolute Gasteiger partial charge is 0.489 e. The molecule has 37 heavy (non-hydrogen) atoms. The number of amides is 1. The lowest BCUT2D eigenvalue weighted by atomic mass is 9.75. The van der Waals surface area contributed by atoms with Crippen LogP contribution in [0.5, 0.6) is 0 Å². The number of thioether (sulfide) groups is 1. The molecule has 1 fully saturated rings. The molecule has 2 unspecified atom stereocenters. The quantitative estimate of drug-likeness (QED) is 0.322. The minimum absolute atomic E-state index is 0.136. The van der Waals surface area contributed by atoms with E-state index in [0.29, 0.717) is 28.7 Å². The van der Waals surface area contributed by atoms with Crippen LogP contribution in [0, 0.1) is 5.82 Å². The molecule has 0 spiro atoms. The number of ketones is 1. The second kappa shape index (κ2) is 11.1. The number of Topliss-reactive ketones (excluding diaryl/α,β-unsaturated/α-hetero) is 1. The predicted octanol–water partition coefficient (Wildman–Crippen LogP) is 6.97. The Morgan fingerprint density at radius 1 is 1.14 bits per heavy atom. The van der Waals surface area contributed by atoms with E-state index in [0.717, 1.165) is 16.7 Å². The fraction of sp³-hybridized carbons (Fsp3) is 0.172. The summed E-state index contributed by atoms with van der Waals surface area (Å²) in [6.07, 6.45) is 8.22. The zero-order valence-corrected chi connectivity index (χ0v) is 22.0. The lowest BCUT2D eigenvalue weighted by Gasteiger charge is -2.41. The molecule has 2 aromatic carbocycles. The average molecular weight is 552 g/mol. The van der Waals surface area contributed by atoms with Gasteiger partial charge in [-0.05, 0) is 76.4 Å². The molecule has 1 aliphatic carbocycles. The van der Waals surface area contributed by atoms with Crippen LogP contribution in [0.2, 0.25) is 5.02 Å². The van der Waals surface area contributed by atoms with Crippen LogP contribution < -0.4 is 5.32 Å². The van der Waals surface area contributed by atoms with Gasteiger partial charge < -0.3 is 10.1 Å². The second-order valence-electron chi connectivity index (χ2n) is 8.75. The van der Waals surface area contributed by atoms with Gasteiger partial charge in [0.1, 0.15) is 23.4 Å². The number of carbonyl (C=O) groups excluding carboxylic acids is 2. The Morgan fingerprint density at radius 3 is 2.68 bits per heavy atom. The maximum Gasteiger partial charge on any atom is 0.242 e. The number of ether oxygens (including phenoxy) is 1. The van der Waals surface area contributed by atoms with Crippen molar-refractivity contribution >= 4 is 46.4 Å². The lowest BCUT2D eigenvalue weighted by molar-refractivity contribution is -0.133. The molecule has 5 rings (SSSR count). The standard InChI is InChI=1S/C29H23ClFNO3S2/c30-24-6-1-2-7-26(24)37-27-25(33)16-29(32-28(27)34,21-14-15-36-18-21)20-4-3-5-23(13-10-20)35-17-19-8-11-22(31)12-9-19/h1-9,11-15,18,27H,10,16-17H2,(H,32,34). The molecule has 0 bridgehead atoms. The summed E-state index contributed by atoms with van der Waals surface area (Å²) >= 11 is 8.99. The van der Waals surface area contributed by atoms with E-state index in [1.165, 1.54) is 35.2 Å². The smallest absolute Gasteiger partial charge is 0.242 e. The average Bonchev–Trinajstić information content (AvgIpc) is 3.33. The van der Waals surface area contributed by atoms with Crippen LogP contribution in [-0.4, -0.2) is 16.9 Å². The van der Waals surface area contributed by atoms with Gasteiger partial charge in [0.05, 0.1) is 10.6 Å². The highest BCUT2D eigenvalue weighted by atomic mass is 35.5. The van der Waals surface area contributed by atoms with Crippen molar-refractivity contribution < 1.29 is 18.7 Å². The van der Waals surface area contributed by atoms with Gasteiger partial charge >= 0.3 is 0 Å². The van der Waals surface area contributed by atoms with Crippen LogP contribution in [0.1, 0.15) is 24.0 Å². The van der Waals surface area contributed by atoms with Crippen molar-refractivity contribution in [2.75, 3.05) is 0 Å². The third kappa shape index (κ3) is 5.59. The SMILES string of the molecule is O=C1CC(C2=CC=CC(OCc3ccc(F)cc3)=CC2)(c2ccsc2)NC(=O)C1Sc1ccccc1Cl. The number of nitrogens with one attached hydrogen (secondary N) is 1. The highest BCUT2D eigenvalue weighted by molar-refractivity contribution is 8.01. The Hall–Kier alpha value is -3.13. The number of benzene rings is 2. The molecule has 2 atom stereocenters. The molecule has 1 saturated heterocycles. The number of carbonyl (C=O) groups is 2. The first-order valence-corrected chi connectivity index (χ1v) is 13.9. The summed E-state index contributed by atoms with van der Waals surface area (Å²) < 4.78 is 19.1. The first-order chi connectivity index (χ1) is 17.9. The van der Waals surface area contributed by atoms with Crippen LogP contribution in [0.4, 0.5) is 4.39 Å². The molecule has 0 radical (unpaired) electrons. The Morgan fingerprint density at radius 2 is 1.95 bits per heavy atom. The van der Waals surface area contributed by atoms with E-state index in [1.807, 2.05) is 59.3 Å². The molecule has 1 amide bonds. The third-order valence-corrected chi connectivity index (χ3v) is 8.80. The molecular weight excluding hydrogens is 529 g/mol. The lowest BCUT2D eigenvalue weighted by Crippen LogP contribution is -2.58. The normalized spacial score (nSPS) is 21.6. The highest BCUT2D eigenvalue weighted by Gasteiger charge is 2.48. The van der Waals surface area contributed by atoms with Gasteiger partial charge in [-0.15, -0.1) is 11.8 Å². The molecule has 0 saturated carbocycles. The molecule has 2 aliphatic rings. The van der Waals surface area contributed by atoms with Gasteiger partial charge in [0.15, 0.2) is 5.78 Å². The number of piperidine rings is 1. The van der Waals surface area contributed by atoms with Crippen molar-refractivity contribution in [3.8, 4) is 0 Å². The van der Waals surface area contributed by atoms with Crippen molar-refractivity contribution in [2.45, 2.75) is 35.1 Å². The van der Waals surface area contributed by atoms with Crippen LogP contribution in [0.15, 0.2) is 106 Å². The molecule has 188 valence electrons. The predicted molar refractivity (Wildman–Crippen MR) is 146 cm³/mol. The fourth-order valence-electron chi connectivity index (χ4n) is 4.44. The van der Waals surface area contributed by atoms with E-state index in [-0.39, 0.29) is 23.9 Å². The van der Waals surface area contributed by atoms with Crippen LogP contribution in [0.25, 0.3) is 0 Å². The molecule has 4 nitrogen and oxygen atoms in total. The maximum atomic E-state index is 13.5. The number of hydrogen-bond donors (Lipinski definition) is 1. The zero-order chi connectivity index (χ0) is 25.8. The zero-order valence-electron chi connectivity index (χ0n) is 19.7. The number of thiophene rings is 1. The topological polar surface area (TPSA) is 55.4 Å². The molecule has 1 aliphatic heterocycles. The Bertz CT molecular complexity index is 1380. The summed E-state index contributed by atoms with van der Waals surface area (Å²) in [5.41, 5.74) is 1.68. The van der Waals surface area contributed by atoms with E-state index < -0.39 is 10.8 Å². The molecule has 1 N–H and O–H groups in total. The number of halogens is 2. The van der Waals surface area contributed by atoms with Gasteiger partial charge in [0.2, 0.25) is 5.91 Å². The molecule has 1 aromatic heterocycles. The second-order valence-corrected chi connectivity index (χ2v) is 11.1. The summed E-state index contributed by atoms with van der Waals surface area (Å²) in [4.78, 5) is 27.6. The van der Waals surface area contributed by atoms with Crippen LogP contribution in [-0.2, 0) is 26.5 Å². The van der Waals surface area contributed by atoms with Gasteiger partial charge in [-0.1, -0.05) is 48.0 Å². The first kappa shape index (κ1) is 25.5. The van der Waals surface area contributed by atoms with Gasteiger partial charge in [-0.25, -0.2) is 4.39 Å². The van der Waals surface area contributed by atoms with E-state index >= 15 is 0 Å². The summed E-state index contributed by atoms with van der Waals surface area (Å²) in [7, 11) is 0. The minimum atomic E-state index is -0.945. The van der Waals surface area contributed by atoms with Crippen molar-refractivity contribution in [3.05, 3.63) is 123 Å². The Kier molecular flexibility index (Phi) is 7.65. The van der Waals surface area contributed by atoms with Crippen molar-refractivity contribution in [1.29, 1.82) is 0 Å². The monoisotopic (exact) mass is 551 g/mol. The van der Waals surface area contributed by atoms with Crippen molar-refractivity contribution in [2.24, 2.45) is 0 Å². The van der Waals surface area contributed by atoms with Crippen LogP contribution in [0.3, 0.4) is 0 Å². The van der Waals surface area contributed by atoms with Crippen molar-refractivity contribution in [1.82, 2.24) is 5.32 Å². The molecule has 8 heteroatoms. The van der Waals surface area contributed by atoms with E-state index in [2.05, 4.69) is 5.32 Å². The van der Waals surface area contributed by atoms with E-state index in [4.69, 9.17) is 16.3 Å². The number of allylic oxidation sites excluding steroid dienone is 4. The van der Waals surface area contributed by atoms with Gasteiger partial charge in [-0.3, -0.25) is 9.59 Å². The highest BCUT2D eigenvalue weighted by Crippen LogP contribution is 2.43. The summed E-state index contributed by atoms with van der Waals surface area (Å²) in [5.74, 6) is -0.109. The van der Waals surface area contributed by atoms with E-state index in [9.17, 15) is 14.0 Å². The number of hydrogen-bond acceptors (Lipinski definition) is 5.